The van der Waals surface area contributed by atoms with Gasteiger partial charge in [-0.15, -0.1) is 0 Å². The van der Waals surface area contributed by atoms with Gasteiger partial charge in [-0.2, -0.15) is 0 Å². The van der Waals surface area contributed by atoms with Gasteiger partial charge in [-0.3, -0.25) is 10.1 Å². The lowest BCUT2D eigenvalue weighted by Gasteiger charge is -2.10. The Kier molecular flexibility index (Phi) is 3.81. The van der Waals surface area contributed by atoms with Crippen LogP contribution in [0.25, 0.3) is 5.57 Å². The lowest BCUT2D eigenvalue weighted by Crippen LogP contribution is -2.14. The number of nitro groups is 1. The van der Waals surface area contributed by atoms with E-state index in [2.05, 4.69) is 0 Å². The molecule has 1 aromatic carbocycles. The smallest absolute Gasteiger partial charge is 0.374 e. The van der Waals surface area contributed by atoms with Gasteiger partial charge >= 0.3 is 5.97 Å². The summed E-state index contributed by atoms with van der Waals surface area (Å²) in [6.07, 6.45) is 0.0730. The van der Waals surface area contributed by atoms with Crippen LogP contribution in [-0.4, -0.2) is 30.4 Å². The van der Waals surface area contributed by atoms with Gasteiger partial charge in [0.15, 0.2) is 0 Å². The standard InChI is InChI=1S/C15H15NO6/c1-2-20-14(17)13-12(10-7-8-21-15(10)22-13)9-5-3-4-6-11(9)16(18)19/h3-6,10,15H,2,7-8H2,1H3. The van der Waals surface area contributed by atoms with Crippen LogP contribution < -0.4 is 0 Å². The van der Waals surface area contributed by atoms with Crippen LogP contribution in [0.3, 0.4) is 0 Å². The first-order valence-electron chi connectivity index (χ1n) is 7.06. The molecule has 116 valence electrons. The molecule has 0 spiro atoms. The Hall–Kier alpha value is -2.41. The lowest BCUT2D eigenvalue weighted by atomic mass is 9.90. The third kappa shape index (κ3) is 2.33. The quantitative estimate of drug-likeness (QED) is 0.481. The zero-order valence-corrected chi connectivity index (χ0v) is 12.0. The Balaban J connectivity index is 2.12. The molecule has 0 bridgehead atoms. The maximum absolute atomic E-state index is 12.1. The minimum Gasteiger partial charge on any atom is -0.460 e. The number of rotatable bonds is 4. The molecule has 1 fully saturated rings. The average Bonchev–Trinajstić information content (AvgIpc) is 3.07. The van der Waals surface area contributed by atoms with Crippen molar-refractivity contribution in [3.05, 3.63) is 45.7 Å². The van der Waals surface area contributed by atoms with Gasteiger partial charge in [0.1, 0.15) is 0 Å². The van der Waals surface area contributed by atoms with Gasteiger partial charge in [0.05, 0.1) is 29.6 Å². The molecular formula is C15H15NO6. The van der Waals surface area contributed by atoms with Crippen LogP contribution in [0.15, 0.2) is 30.0 Å². The summed E-state index contributed by atoms with van der Waals surface area (Å²) in [5.74, 6) is -0.792. The number of carbonyl (C=O) groups is 1. The van der Waals surface area contributed by atoms with Crippen molar-refractivity contribution in [2.75, 3.05) is 13.2 Å². The molecule has 0 amide bonds. The zero-order valence-electron chi connectivity index (χ0n) is 12.0. The number of hydrogen-bond donors (Lipinski definition) is 0. The van der Waals surface area contributed by atoms with E-state index in [1.54, 1.807) is 25.1 Å². The minimum absolute atomic E-state index is 0.0193. The van der Waals surface area contributed by atoms with Gasteiger partial charge in [0, 0.05) is 11.6 Å². The van der Waals surface area contributed by atoms with Gasteiger partial charge in [0.2, 0.25) is 12.0 Å². The first-order chi connectivity index (χ1) is 10.6. The Bertz CT molecular complexity index is 653. The average molecular weight is 305 g/mol. The third-order valence-electron chi connectivity index (χ3n) is 3.74. The first kappa shape index (κ1) is 14.5. The molecule has 2 aliphatic heterocycles. The SMILES string of the molecule is CCOC(=O)C1=C(c2ccccc2[N+](=O)[O-])C2CCOC2O1. The zero-order chi connectivity index (χ0) is 15.7. The van der Waals surface area contributed by atoms with E-state index in [1.807, 2.05) is 0 Å². The number of benzene rings is 1. The second-order valence-corrected chi connectivity index (χ2v) is 4.99. The van der Waals surface area contributed by atoms with Crippen LogP contribution >= 0.6 is 0 Å². The van der Waals surface area contributed by atoms with E-state index in [0.717, 1.165) is 0 Å². The highest BCUT2D eigenvalue weighted by Crippen LogP contribution is 2.46. The normalized spacial score (nSPS) is 23.1. The number of para-hydroxylation sites is 1. The van der Waals surface area contributed by atoms with Crippen molar-refractivity contribution < 1.29 is 23.9 Å². The molecular weight excluding hydrogens is 290 g/mol. The van der Waals surface area contributed by atoms with Crippen molar-refractivity contribution in [1.29, 1.82) is 0 Å². The summed E-state index contributed by atoms with van der Waals surface area (Å²) in [6.45, 7) is 2.39. The first-order valence-corrected chi connectivity index (χ1v) is 7.06. The Morgan fingerprint density at radius 2 is 2.23 bits per heavy atom. The van der Waals surface area contributed by atoms with Gasteiger partial charge < -0.3 is 14.2 Å². The largest absolute Gasteiger partial charge is 0.460 e. The molecule has 0 aromatic heterocycles. The monoisotopic (exact) mass is 305 g/mol. The van der Waals surface area contributed by atoms with Crippen LogP contribution in [-0.2, 0) is 19.0 Å². The van der Waals surface area contributed by atoms with Gasteiger partial charge in [-0.25, -0.2) is 4.79 Å². The molecule has 7 heteroatoms. The molecule has 0 aliphatic carbocycles. The van der Waals surface area contributed by atoms with Crippen molar-refractivity contribution in [3.63, 3.8) is 0 Å². The fourth-order valence-corrected chi connectivity index (χ4v) is 2.85. The molecule has 2 atom stereocenters. The minimum atomic E-state index is -0.617. The number of esters is 1. The van der Waals surface area contributed by atoms with E-state index in [9.17, 15) is 14.9 Å². The summed E-state index contributed by atoms with van der Waals surface area (Å²) >= 11 is 0. The molecule has 2 unspecified atom stereocenters. The van der Waals surface area contributed by atoms with Crippen molar-refractivity contribution in [2.24, 2.45) is 5.92 Å². The lowest BCUT2D eigenvalue weighted by molar-refractivity contribution is -0.385. The van der Waals surface area contributed by atoms with Crippen LogP contribution in [0.1, 0.15) is 18.9 Å². The fraction of sp³-hybridized carbons (Fsp3) is 0.400. The molecule has 0 saturated carbocycles. The van der Waals surface area contributed by atoms with Crippen molar-refractivity contribution in [1.82, 2.24) is 0 Å². The van der Waals surface area contributed by atoms with E-state index in [0.29, 0.717) is 24.2 Å². The maximum atomic E-state index is 12.1. The highest BCUT2D eigenvalue weighted by Gasteiger charge is 2.46. The number of carbonyl (C=O) groups excluding carboxylic acids is 1. The summed E-state index contributed by atoms with van der Waals surface area (Å²) in [7, 11) is 0. The predicted molar refractivity (Wildman–Crippen MR) is 75.6 cm³/mol. The van der Waals surface area contributed by atoms with Crippen molar-refractivity contribution in [2.45, 2.75) is 19.6 Å². The highest BCUT2D eigenvalue weighted by atomic mass is 16.7. The van der Waals surface area contributed by atoms with Crippen molar-refractivity contribution in [3.8, 4) is 0 Å². The molecule has 2 aliphatic rings. The van der Waals surface area contributed by atoms with Crippen LogP contribution in [0.4, 0.5) is 5.69 Å². The summed E-state index contributed by atoms with van der Waals surface area (Å²) in [5, 5.41) is 11.3. The van der Waals surface area contributed by atoms with E-state index in [1.165, 1.54) is 6.07 Å². The summed E-state index contributed by atoms with van der Waals surface area (Å²) < 4.78 is 16.0. The second kappa shape index (κ2) is 5.76. The predicted octanol–water partition coefficient (Wildman–Crippen LogP) is 2.26. The molecule has 0 N–H and O–H groups in total. The summed E-state index contributed by atoms with van der Waals surface area (Å²) in [6, 6.07) is 6.32. The summed E-state index contributed by atoms with van der Waals surface area (Å²) in [5.41, 5.74) is 0.831. The number of ether oxygens (including phenoxy) is 3. The molecule has 1 saturated heterocycles. The van der Waals surface area contributed by atoms with Crippen LogP contribution in [0.2, 0.25) is 0 Å². The molecule has 1 aromatic rings. The van der Waals surface area contributed by atoms with Gasteiger partial charge in [0.25, 0.3) is 5.69 Å². The number of nitro benzene ring substituents is 1. The highest BCUT2D eigenvalue weighted by molar-refractivity contribution is 5.98. The molecule has 22 heavy (non-hydrogen) atoms. The molecule has 7 nitrogen and oxygen atoms in total. The fourth-order valence-electron chi connectivity index (χ4n) is 2.85. The van der Waals surface area contributed by atoms with Gasteiger partial charge in [-0.05, 0) is 19.4 Å². The third-order valence-corrected chi connectivity index (χ3v) is 3.74. The Morgan fingerprint density at radius 3 is 2.95 bits per heavy atom. The van der Waals surface area contributed by atoms with Crippen LogP contribution in [0.5, 0.6) is 0 Å². The summed E-state index contributed by atoms with van der Waals surface area (Å²) in [4.78, 5) is 22.9. The number of hydrogen-bond acceptors (Lipinski definition) is 6. The number of nitrogens with zero attached hydrogens (tertiary/aromatic N) is 1. The van der Waals surface area contributed by atoms with E-state index >= 15 is 0 Å². The topological polar surface area (TPSA) is 87.9 Å². The van der Waals surface area contributed by atoms with E-state index in [4.69, 9.17) is 14.2 Å². The molecule has 3 rings (SSSR count). The molecule has 0 radical (unpaired) electrons. The molecule has 2 heterocycles. The number of fused-ring (bicyclic) bond motifs is 1. The van der Waals surface area contributed by atoms with Crippen LogP contribution in [0, 0.1) is 16.0 Å². The van der Waals surface area contributed by atoms with E-state index < -0.39 is 17.2 Å². The van der Waals surface area contributed by atoms with Gasteiger partial charge in [-0.1, -0.05) is 12.1 Å². The van der Waals surface area contributed by atoms with Crippen molar-refractivity contribution >= 4 is 17.2 Å². The van der Waals surface area contributed by atoms with E-state index in [-0.39, 0.29) is 24.0 Å². The Labute approximate surface area is 126 Å². The maximum Gasteiger partial charge on any atom is 0.374 e. The second-order valence-electron chi connectivity index (χ2n) is 4.99. The Morgan fingerprint density at radius 1 is 1.45 bits per heavy atom.